The maximum absolute atomic E-state index is 11.6. The number of aromatic carboxylic acids is 1. The summed E-state index contributed by atoms with van der Waals surface area (Å²) >= 11 is 0. The maximum atomic E-state index is 11.6. The van der Waals surface area contributed by atoms with E-state index in [1.807, 2.05) is 20.8 Å². The molecule has 7 heteroatoms. The number of aliphatic hydroxyl groups is 1. The van der Waals surface area contributed by atoms with E-state index in [4.69, 9.17) is 14.6 Å². The molecule has 7 nitrogen and oxygen atoms in total. The Morgan fingerprint density at radius 2 is 1.76 bits per heavy atom. The molecule has 1 atom stereocenters. The first-order valence-corrected chi connectivity index (χ1v) is 8.19. The number of carboxylic acids is 1. The van der Waals surface area contributed by atoms with Gasteiger partial charge in [0.25, 0.3) is 0 Å². The van der Waals surface area contributed by atoms with Gasteiger partial charge in [0, 0.05) is 6.54 Å². The van der Waals surface area contributed by atoms with E-state index in [0.29, 0.717) is 18.7 Å². The van der Waals surface area contributed by atoms with E-state index in [2.05, 4.69) is 0 Å². The summed E-state index contributed by atoms with van der Waals surface area (Å²) in [7, 11) is 1.54. The second-order valence-electron chi connectivity index (χ2n) is 6.68. The van der Waals surface area contributed by atoms with Crippen molar-refractivity contribution in [2.75, 3.05) is 13.7 Å². The minimum absolute atomic E-state index is 0.269. The molecular formula is C18H27NO6. The van der Waals surface area contributed by atoms with E-state index in [-0.39, 0.29) is 5.56 Å². The Morgan fingerprint density at radius 1 is 1.16 bits per heavy atom. The Bertz CT molecular complexity index is 564. The Morgan fingerprint density at radius 3 is 2.20 bits per heavy atom. The molecule has 1 heterocycles. The van der Waals surface area contributed by atoms with Crippen molar-refractivity contribution in [2.45, 2.75) is 51.9 Å². The number of hydrogen-bond donors (Lipinski definition) is 2. The molecule has 25 heavy (non-hydrogen) atoms. The lowest BCUT2D eigenvalue weighted by Crippen LogP contribution is -2.46. The molecule has 0 spiro atoms. The Labute approximate surface area is 148 Å². The number of rotatable bonds is 2. The summed E-state index contributed by atoms with van der Waals surface area (Å²) in [5.74, 6) is -0.261. The molecule has 0 saturated carbocycles. The highest BCUT2D eigenvalue weighted by atomic mass is 16.6. The van der Waals surface area contributed by atoms with Gasteiger partial charge in [0.2, 0.25) is 0 Å². The number of carboxylic acid groups (broad SMARTS) is 1. The molecular weight excluding hydrogens is 326 g/mol. The smallest absolute Gasteiger partial charge is 0.412 e. The van der Waals surface area contributed by atoms with Crippen LogP contribution < -0.4 is 4.74 Å². The second-order valence-corrected chi connectivity index (χ2v) is 6.68. The largest absolute Gasteiger partial charge is 0.497 e. The van der Waals surface area contributed by atoms with Gasteiger partial charge in [-0.2, -0.15) is 0 Å². The predicted octanol–water partition coefficient (Wildman–Crippen LogP) is 3.12. The van der Waals surface area contributed by atoms with Gasteiger partial charge in [0.05, 0.1) is 12.7 Å². The number of carbonyl (C=O) groups excluding carboxylic acids is 1. The van der Waals surface area contributed by atoms with E-state index in [0.717, 1.165) is 12.8 Å². The van der Waals surface area contributed by atoms with Crippen molar-refractivity contribution in [3.63, 3.8) is 0 Å². The zero-order chi connectivity index (χ0) is 19.0. The monoisotopic (exact) mass is 353 g/mol. The molecule has 0 bridgehead atoms. The SMILES string of the molecule is CC(C)(C)OC(=O)N1CCCCC1O.COc1ccc(C(=O)O)cc1. The predicted molar refractivity (Wildman–Crippen MR) is 92.8 cm³/mol. The molecule has 0 radical (unpaired) electrons. The van der Waals surface area contributed by atoms with Gasteiger partial charge < -0.3 is 19.7 Å². The van der Waals surface area contributed by atoms with Crippen molar-refractivity contribution in [2.24, 2.45) is 0 Å². The molecule has 1 saturated heterocycles. The number of piperidine rings is 1. The summed E-state index contributed by atoms with van der Waals surface area (Å²) < 4.78 is 10.0. The van der Waals surface area contributed by atoms with Gasteiger partial charge in [0.1, 0.15) is 17.6 Å². The normalized spacial score (nSPS) is 17.2. The third-order valence-electron chi connectivity index (χ3n) is 3.44. The van der Waals surface area contributed by atoms with Crippen LogP contribution in [0.5, 0.6) is 5.75 Å². The van der Waals surface area contributed by atoms with E-state index < -0.39 is 23.9 Å². The van der Waals surface area contributed by atoms with Gasteiger partial charge in [-0.25, -0.2) is 9.59 Å². The van der Waals surface area contributed by atoms with Crippen LogP contribution in [-0.2, 0) is 4.74 Å². The van der Waals surface area contributed by atoms with Gasteiger partial charge in [0.15, 0.2) is 0 Å². The van der Waals surface area contributed by atoms with Gasteiger partial charge in [-0.1, -0.05) is 0 Å². The molecule has 2 N–H and O–H groups in total. The topological polar surface area (TPSA) is 96.3 Å². The number of ether oxygens (including phenoxy) is 2. The van der Waals surface area contributed by atoms with Crippen LogP contribution in [0.4, 0.5) is 4.79 Å². The van der Waals surface area contributed by atoms with Crippen molar-refractivity contribution >= 4 is 12.1 Å². The lowest BCUT2D eigenvalue weighted by Gasteiger charge is -2.33. The van der Waals surface area contributed by atoms with Crippen LogP contribution in [0.25, 0.3) is 0 Å². The van der Waals surface area contributed by atoms with Crippen LogP contribution >= 0.6 is 0 Å². The third kappa shape index (κ3) is 7.43. The number of nitrogens with zero attached hydrogens (tertiary/aromatic N) is 1. The van der Waals surface area contributed by atoms with Crippen LogP contribution in [0, 0.1) is 0 Å². The Balaban J connectivity index is 0.000000257. The highest BCUT2D eigenvalue weighted by Crippen LogP contribution is 2.18. The maximum Gasteiger partial charge on any atom is 0.412 e. The van der Waals surface area contributed by atoms with Gasteiger partial charge in [-0.05, 0) is 64.3 Å². The summed E-state index contributed by atoms with van der Waals surface area (Å²) in [5, 5.41) is 18.1. The first kappa shape index (κ1) is 20.8. The zero-order valence-corrected chi connectivity index (χ0v) is 15.2. The van der Waals surface area contributed by atoms with Crippen molar-refractivity contribution in [3.8, 4) is 5.75 Å². The molecule has 1 fully saturated rings. The van der Waals surface area contributed by atoms with Crippen LogP contribution in [0.1, 0.15) is 50.4 Å². The van der Waals surface area contributed by atoms with E-state index in [1.54, 1.807) is 12.1 Å². The lowest BCUT2D eigenvalue weighted by atomic mass is 10.1. The molecule has 1 aliphatic heterocycles. The molecule has 1 aromatic carbocycles. The fourth-order valence-electron chi connectivity index (χ4n) is 2.18. The minimum Gasteiger partial charge on any atom is -0.497 e. The van der Waals surface area contributed by atoms with Crippen LogP contribution in [0.15, 0.2) is 24.3 Å². The van der Waals surface area contributed by atoms with E-state index >= 15 is 0 Å². The van der Waals surface area contributed by atoms with Crippen molar-refractivity contribution in [1.82, 2.24) is 4.90 Å². The average Bonchev–Trinajstić information content (AvgIpc) is 2.54. The number of hydrogen-bond acceptors (Lipinski definition) is 5. The zero-order valence-electron chi connectivity index (χ0n) is 15.2. The molecule has 1 unspecified atom stereocenters. The van der Waals surface area contributed by atoms with Gasteiger partial charge in [-0.15, -0.1) is 0 Å². The second kappa shape index (κ2) is 9.27. The number of likely N-dealkylation sites (tertiary alicyclic amines) is 1. The fraction of sp³-hybridized carbons (Fsp3) is 0.556. The summed E-state index contributed by atoms with van der Waals surface area (Å²) in [6.45, 7) is 6.06. The van der Waals surface area contributed by atoms with Crippen molar-refractivity contribution in [1.29, 1.82) is 0 Å². The molecule has 0 aliphatic carbocycles. The number of aliphatic hydroxyl groups excluding tert-OH is 1. The van der Waals surface area contributed by atoms with Crippen molar-refractivity contribution in [3.05, 3.63) is 29.8 Å². The van der Waals surface area contributed by atoms with E-state index in [9.17, 15) is 14.7 Å². The Hall–Kier alpha value is -2.28. The van der Waals surface area contributed by atoms with Crippen LogP contribution in [-0.4, -0.2) is 52.7 Å². The molecule has 2 rings (SSSR count). The van der Waals surface area contributed by atoms with Crippen molar-refractivity contribution < 1.29 is 29.3 Å². The molecule has 0 aromatic heterocycles. The number of methoxy groups -OCH3 is 1. The average molecular weight is 353 g/mol. The molecule has 1 aromatic rings. The number of amides is 1. The summed E-state index contributed by atoms with van der Waals surface area (Å²) in [4.78, 5) is 23.3. The summed E-state index contributed by atoms with van der Waals surface area (Å²) in [5.41, 5.74) is -0.223. The molecule has 1 amide bonds. The first-order chi connectivity index (χ1) is 11.6. The van der Waals surface area contributed by atoms with Crippen LogP contribution in [0.2, 0.25) is 0 Å². The number of benzene rings is 1. The van der Waals surface area contributed by atoms with E-state index in [1.165, 1.54) is 24.1 Å². The molecule has 1 aliphatic rings. The fourth-order valence-corrected chi connectivity index (χ4v) is 2.18. The minimum atomic E-state index is -0.923. The standard InChI is InChI=1S/C10H19NO3.C8H8O3/c1-10(2,3)14-9(13)11-7-5-4-6-8(11)12;1-11-7-4-2-6(3-5-7)8(9)10/h8,12H,4-7H2,1-3H3;2-5H,1H3,(H,9,10). The quantitative estimate of drug-likeness (QED) is 0.848. The highest BCUT2D eigenvalue weighted by molar-refractivity contribution is 5.87. The third-order valence-corrected chi connectivity index (χ3v) is 3.44. The lowest BCUT2D eigenvalue weighted by molar-refractivity contribution is -0.0450. The first-order valence-electron chi connectivity index (χ1n) is 8.19. The van der Waals surface area contributed by atoms with Crippen LogP contribution in [0.3, 0.4) is 0 Å². The molecule has 140 valence electrons. The summed E-state index contributed by atoms with van der Waals surface area (Å²) in [6.07, 6.45) is 1.49. The van der Waals surface area contributed by atoms with Gasteiger partial charge in [-0.3, -0.25) is 4.90 Å². The number of carbonyl (C=O) groups is 2. The van der Waals surface area contributed by atoms with Gasteiger partial charge >= 0.3 is 12.1 Å². The highest BCUT2D eigenvalue weighted by Gasteiger charge is 2.28. The Kier molecular flexibility index (Phi) is 7.70. The summed E-state index contributed by atoms with van der Waals surface area (Å²) in [6, 6.07) is 6.23.